The van der Waals surface area contributed by atoms with Crippen LogP contribution in [0.15, 0.2) is 34.9 Å². The lowest BCUT2D eigenvalue weighted by Gasteiger charge is -2.39. The molecule has 1 fully saturated rings. The first-order valence-corrected chi connectivity index (χ1v) is 8.12. The fraction of sp³-hybridized carbons (Fsp3) is 0.632. The van der Waals surface area contributed by atoms with E-state index in [2.05, 4.69) is 65.1 Å². The zero-order valence-electron chi connectivity index (χ0n) is 14.0. The van der Waals surface area contributed by atoms with Crippen LogP contribution in [0.4, 0.5) is 0 Å². The van der Waals surface area contributed by atoms with Gasteiger partial charge in [0.1, 0.15) is 0 Å². The van der Waals surface area contributed by atoms with Gasteiger partial charge in [-0.2, -0.15) is 0 Å². The summed E-state index contributed by atoms with van der Waals surface area (Å²) < 4.78 is 0. The molecule has 1 N–H and O–H groups in total. The highest BCUT2D eigenvalue weighted by Gasteiger charge is 2.61. The Kier molecular flexibility index (Phi) is 4.59. The van der Waals surface area contributed by atoms with Crippen LogP contribution in [0.5, 0.6) is 0 Å². The summed E-state index contributed by atoms with van der Waals surface area (Å²) in [4.78, 5) is 0. The Bertz CT molecular complexity index is 455. The molecule has 3 rings (SSSR count). The third kappa shape index (κ3) is 2.65. The molecule has 113 valence electrons. The van der Waals surface area contributed by atoms with Gasteiger partial charge in [0.05, 0.1) is 0 Å². The zero-order valence-corrected chi connectivity index (χ0v) is 14.0. The second-order valence-electron chi connectivity index (χ2n) is 6.97. The van der Waals surface area contributed by atoms with Crippen LogP contribution < -0.4 is 5.32 Å². The first kappa shape index (κ1) is 15.6. The van der Waals surface area contributed by atoms with Crippen LogP contribution in [0.3, 0.4) is 0 Å². The average Bonchev–Trinajstić information content (AvgIpc) is 2.95. The van der Waals surface area contributed by atoms with E-state index in [1.165, 1.54) is 18.4 Å². The highest BCUT2D eigenvalue weighted by Crippen LogP contribution is 2.71. The summed E-state index contributed by atoms with van der Waals surface area (Å²) in [5, 5.41) is 3.63. The van der Waals surface area contributed by atoms with Crippen LogP contribution >= 0.6 is 0 Å². The summed E-state index contributed by atoms with van der Waals surface area (Å²) in [5.74, 6) is 2.49. The van der Waals surface area contributed by atoms with E-state index in [1.54, 1.807) is 17.1 Å². The summed E-state index contributed by atoms with van der Waals surface area (Å²) in [6.07, 6.45) is 9.45. The molecule has 1 heteroatoms. The van der Waals surface area contributed by atoms with Gasteiger partial charge in [0.25, 0.3) is 0 Å². The van der Waals surface area contributed by atoms with Gasteiger partial charge in [0.2, 0.25) is 0 Å². The first-order chi connectivity index (χ1) is 9.46. The molecule has 0 amide bonds. The van der Waals surface area contributed by atoms with E-state index < -0.39 is 0 Å². The standard InChI is InChI=1S/C15H20N.C4H10.H2/c1-4-6-12-10(3)15(8-11-7-13(11)15)9-14(12)16-5-2;1-4(2)3;/h4,6-7,14,16H,5,8-9H2,1-3H3;4H,1-3H3;1H/b6-4-;;. The van der Waals surface area contributed by atoms with Crippen LogP contribution in [0, 0.1) is 17.3 Å². The maximum atomic E-state index is 3.63. The molecule has 3 aliphatic rings. The van der Waals surface area contributed by atoms with Crippen LogP contribution in [0.25, 0.3) is 0 Å². The quantitative estimate of drug-likeness (QED) is 0.757. The number of fused-ring (bicyclic) bond motifs is 2. The maximum absolute atomic E-state index is 3.63. The maximum Gasteiger partial charge on any atom is 0.0329 e. The molecule has 0 aliphatic heterocycles. The molecular formula is C19H32N. The molecule has 1 nitrogen and oxygen atoms in total. The molecule has 0 bridgehead atoms. The summed E-state index contributed by atoms with van der Waals surface area (Å²) in [5.41, 5.74) is 5.23. The van der Waals surface area contributed by atoms with Gasteiger partial charge in [-0.1, -0.05) is 57.1 Å². The Balaban J connectivity index is 0.000000397. The molecule has 20 heavy (non-hydrogen) atoms. The van der Waals surface area contributed by atoms with E-state index in [-0.39, 0.29) is 1.43 Å². The molecular weight excluding hydrogens is 242 g/mol. The SMILES string of the molecule is C/C=C\C1=C(C)C2(CC3=C[C]32)CC1NCC.CC(C)C.[HH]. The zero-order chi connectivity index (χ0) is 14.9. The predicted molar refractivity (Wildman–Crippen MR) is 90.6 cm³/mol. The van der Waals surface area contributed by atoms with Crippen molar-refractivity contribution < 1.29 is 1.43 Å². The molecule has 0 saturated heterocycles. The Morgan fingerprint density at radius 1 is 1.45 bits per heavy atom. The first-order valence-electron chi connectivity index (χ1n) is 8.12. The van der Waals surface area contributed by atoms with Crippen LogP contribution in [-0.2, 0) is 0 Å². The minimum atomic E-state index is 0. The Labute approximate surface area is 126 Å². The van der Waals surface area contributed by atoms with E-state index in [0.717, 1.165) is 12.5 Å². The lowest BCUT2D eigenvalue weighted by atomic mass is 9.63. The van der Waals surface area contributed by atoms with Crippen LogP contribution in [0.2, 0.25) is 0 Å². The fourth-order valence-electron chi connectivity index (χ4n) is 3.56. The number of likely N-dealkylation sites (N-methyl/N-ethyl adjacent to an activating group) is 1. The summed E-state index contributed by atoms with van der Waals surface area (Å²) in [7, 11) is 0. The van der Waals surface area contributed by atoms with E-state index in [0.29, 0.717) is 11.5 Å². The van der Waals surface area contributed by atoms with Gasteiger partial charge < -0.3 is 5.32 Å². The minimum Gasteiger partial charge on any atom is -0.310 e. The highest BCUT2D eigenvalue weighted by atomic mass is 14.9. The van der Waals surface area contributed by atoms with Crippen molar-refractivity contribution in [3.05, 3.63) is 40.9 Å². The third-order valence-electron chi connectivity index (χ3n) is 4.46. The molecule has 0 aromatic heterocycles. The second-order valence-corrected chi connectivity index (χ2v) is 6.97. The predicted octanol–water partition coefficient (Wildman–Crippen LogP) is 5.07. The van der Waals surface area contributed by atoms with Crippen molar-refractivity contribution in [2.24, 2.45) is 11.3 Å². The average molecular weight is 274 g/mol. The van der Waals surface area contributed by atoms with Gasteiger partial charge in [-0.05, 0) is 44.7 Å². The highest BCUT2D eigenvalue weighted by molar-refractivity contribution is 5.70. The smallest absolute Gasteiger partial charge is 0.0329 e. The minimum absolute atomic E-state index is 0. The van der Waals surface area contributed by atoms with Crippen LogP contribution in [-0.4, -0.2) is 12.6 Å². The van der Waals surface area contributed by atoms with Crippen molar-refractivity contribution in [3.63, 3.8) is 0 Å². The lowest BCUT2D eigenvalue weighted by Crippen LogP contribution is -2.35. The Morgan fingerprint density at radius 2 is 2.10 bits per heavy atom. The second kappa shape index (κ2) is 5.89. The number of hydrogen-bond acceptors (Lipinski definition) is 1. The summed E-state index contributed by atoms with van der Waals surface area (Å²) in [6, 6.07) is 0.573. The molecule has 2 atom stereocenters. The summed E-state index contributed by atoms with van der Waals surface area (Å²) in [6.45, 7) is 14.2. The third-order valence-corrected chi connectivity index (χ3v) is 4.46. The molecule has 1 radical (unpaired) electrons. The fourth-order valence-corrected chi connectivity index (χ4v) is 3.56. The lowest BCUT2D eigenvalue weighted by molar-refractivity contribution is 0.330. The van der Waals surface area contributed by atoms with Gasteiger partial charge in [-0.15, -0.1) is 0 Å². The van der Waals surface area contributed by atoms with Crippen molar-refractivity contribution in [2.45, 2.75) is 60.4 Å². The normalized spacial score (nSPS) is 31.4. The van der Waals surface area contributed by atoms with E-state index in [9.17, 15) is 0 Å². The van der Waals surface area contributed by atoms with Crippen molar-refractivity contribution >= 4 is 0 Å². The molecule has 1 spiro atoms. The van der Waals surface area contributed by atoms with Crippen molar-refractivity contribution in [2.75, 3.05) is 6.54 Å². The van der Waals surface area contributed by atoms with E-state index in [4.69, 9.17) is 0 Å². The van der Waals surface area contributed by atoms with Gasteiger partial charge in [-0.25, -0.2) is 0 Å². The van der Waals surface area contributed by atoms with Gasteiger partial charge in [0.15, 0.2) is 0 Å². The molecule has 2 unspecified atom stereocenters. The van der Waals surface area contributed by atoms with Crippen molar-refractivity contribution in [1.82, 2.24) is 5.32 Å². The van der Waals surface area contributed by atoms with Gasteiger partial charge >= 0.3 is 0 Å². The van der Waals surface area contributed by atoms with Crippen molar-refractivity contribution in [1.29, 1.82) is 0 Å². The Morgan fingerprint density at radius 3 is 2.50 bits per heavy atom. The number of hydrogen-bond donors (Lipinski definition) is 1. The summed E-state index contributed by atoms with van der Waals surface area (Å²) >= 11 is 0. The Hall–Kier alpha value is -0.820. The van der Waals surface area contributed by atoms with Gasteiger partial charge in [0, 0.05) is 18.8 Å². The number of nitrogens with one attached hydrogen (secondary N) is 1. The molecule has 0 aromatic carbocycles. The molecule has 0 heterocycles. The monoisotopic (exact) mass is 274 g/mol. The van der Waals surface area contributed by atoms with E-state index >= 15 is 0 Å². The molecule has 3 aliphatic carbocycles. The number of allylic oxidation sites excluding steroid dienone is 4. The van der Waals surface area contributed by atoms with E-state index in [1.807, 2.05) is 0 Å². The van der Waals surface area contributed by atoms with Crippen LogP contribution in [0.1, 0.15) is 55.8 Å². The molecule has 0 aromatic rings. The topological polar surface area (TPSA) is 12.0 Å². The van der Waals surface area contributed by atoms with Gasteiger partial charge in [-0.3, -0.25) is 0 Å². The van der Waals surface area contributed by atoms with Crippen molar-refractivity contribution in [3.8, 4) is 0 Å². The number of rotatable bonds is 3. The molecule has 1 saturated carbocycles. The largest absolute Gasteiger partial charge is 0.310 e.